The van der Waals surface area contributed by atoms with Gasteiger partial charge in [0.25, 0.3) is 5.91 Å². The van der Waals surface area contributed by atoms with Crippen LogP contribution in [-0.2, 0) is 11.3 Å². The number of anilines is 1. The number of ether oxygens (including phenoxy) is 1. The van der Waals surface area contributed by atoms with E-state index in [1.165, 1.54) is 0 Å². The summed E-state index contributed by atoms with van der Waals surface area (Å²) in [5.74, 6) is 0.469. The Labute approximate surface area is 116 Å². The molecule has 0 unspecified atom stereocenters. The lowest BCUT2D eigenvalue weighted by Gasteiger charge is -2.17. The number of nitrogens with zero attached hydrogens (tertiary/aromatic N) is 1. The molecule has 0 aliphatic heterocycles. The lowest BCUT2D eigenvalue weighted by atomic mass is 10.3. The second-order valence-electron chi connectivity index (χ2n) is 4.16. The van der Waals surface area contributed by atoms with Crippen molar-refractivity contribution in [1.29, 1.82) is 0 Å². The topological polar surface area (TPSA) is 55.6 Å². The number of carbonyl (C=O) groups excluding carboxylic acids is 1. The van der Waals surface area contributed by atoms with Gasteiger partial charge in [-0.1, -0.05) is 18.2 Å². The van der Waals surface area contributed by atoms with Crippen molar-refractivity contribution in [1.82, 2.24) is 4.90 Å². The van der Waals surface area contributed by atoms with Gasteiger partial charge in [-0.05, 0) is 23.6 Å². The summed E-state index contributed by atoms with van der Waals surface area (Å²) in [6, 6.07) is 11.1. The van der Waals surface area contributed by atoms with Gasteiger partial charge >= 0.3 is 0 Å². The first-order chi connectivity index (χ1) is 9.16. The SMILES string of the molecule is CN(Cc1cccs1)C(=O)COc1ccccc1N. The van der Waals surface area contributed by atoms with Gasteiger partial charge in [0, 0.05) is 11.9 Å². The molecule has 0 aliphatic carbocycles. The maximum absolute atomic E-state index is 11.9. The Morgan fingerprint density at radius 1 is 1.32 bits per heavy atom. The molecule has 0 saturated carbocycles. The maximum Gasteiger partial charge on any atom is 0.260 e. The summed E-state index contributed by atoms with van der Waals surface area (Å²) < 4.78 is 5.43. The third kappa shape index (κ3) is 3.72. The fourth-order valence-electron chi connectivity index (χ4n) is 1.59. The molecular weight excluding hydrogens is 260 g/mol. The number of likely N-dealkylation sites (N-methyl/N-ethyl adjacent to an activating group) is 1. The van der Waals surface area contributed by atoms with E-state index in [9.17, 15) is 4.79 Å². The van der Waals surface area contributed by atoms with Crippen molar-refractivity contribution < 1.29 is 9.53 Å². The van der Waals surface area contributed by atoms with Crippen LogP contribution in [0.1, 0.15) is 4.88 Å². The molecule has 2 aromatic rings. The molecule has 0 spiro atoms. The predicted octanol–water partition coefficient (Wildman–Crippen LogP) is 2.37. The van der Waals surface area contributed by atoms with Crippen molar-refractivity contribution in [2.75, 3.05) is 19.4 Å². The van der Waals surface area contributed by atoms with Gasteiger partial charge in [-0.2, -0.15) is 0 Å². The van der Waals surface area contributed by atoms with Gasteiger partial charge in [-0.25, -0.2) is 0 Å². The summed E-state index contributed by atoms with van der Waals surface area (Å²) >= 11 is 1.63. The second kappa shape index (κ2) is 6.24. The molecule has 0 atom stereocenters. The fraction of sp³-hybridized carbons (Fsp3) is 0.214. The standard InChI is InChI=1S/C14H16N2O2S/c1-16(9-11-5-4-8-19-11)14(17)10-18-13-7-3-2-6-12(13)15/h2-8H,9-10,15H2,1H3. The zero-order chi connectivity index (χ0) is 13.7. The van der Waals surface area contributed by atoms with Gasteiger partial charge in [0.2, 0.25) is 0 Å². The van der Waals surface area contributed by atoms with E-state index in [0.717, 1.165) is 4.88 Å². The number of hydrogen-bond donors (Lipinski definition) is 1. The number of hydrogen-bond acceptors (Lipinski definition) is 4. The van der Waals surface area contributed by atoms with Crippen LogP contribution in [0.4, 0.5) is 5.69 Å². The number of rotatable bonds is 5. The molecule has 4 nitrogen and oxygen atoms in total. The monoisotopic (exact) mass is 276 g/mol. The van der Waals surface area contributed by atoms with Crippen molar-refractivity contribution in [3.05, 3.63) is 46.7 Å². The van der Waals surface area contributed by atoms with E-state index in [1.807, 2.05) is 29.6 Å². The van der Waals surface area contributed by atoms with Crippen LogP contribution in [0.2, 0.25) is 0 Å². The molecule has 5 heteroatoms. The molecule has 1 amide bonds. The fourth-order valence-corrected chi connectivity index (χ4v) is 2.34. The second-order valence-corrected chi connectivity index (χ2v) is 5.19. The Hall–Kier alpha value is -2.01. The Morgan fingerprint density at radius 3 is 2.79 bits per heavy atom. The van der Waals surface area contributed by atoms with E-state index < -0.39 is 0 Å². The number of nitrogens with two attached hydrogens (primary N) is 1. The molecule has 1 aromatic heterocycles. The number of amides is 1. The highest BCUT2D eigenvalue weighted by molar-refractivity contribution is 7.09. The van der Waals surface area contributed by atoms with Crippen LogP contribution in [0.3, 0.4) is 0 Å². The Morgan fingerprint density at radius 2 is 2.11 bits per heavy atom. The number of thiophene rings is 1. The van der Waals surface area contributed by atoms with E-state index in [-0.39, 0.29) is 12.5 Å². The molecule has 0 fully saturated rings. The van der Waals surface area contributed by atoms with E-state index in [0.29, 0.717) is 18.0 Å². The normalized spacial score (nSPS) is 10.2. The summed E-state index contributed by atoms with van der Waals surface area (Å²) in [5, 5.41) is 1.99. The highest BCUT2D eigenvalue weighted by Gasteiger charge is 2.11. The largest absolute Gasteiger partial charge is 0.482 e. The first-order valence-electron chi connectivity index (χ1n) is 5.90. The van der Waals surface area contributed by atoms with Crippen LogP contribution in [-0.4, -0.2) is 24.5 Å². The zero-order valence-corrected chi connectivity index (χ0v) is 11.5. The third-order valence-corrected chi connectivity index (χ3v) is 3.53. The van der Waals surface area contributed by atoms with E-state index in [1.54, 1.807) is 35.4 Å². The average molecular weight is 276 g/mol. The lowest BCUT2D eigenvalue weighted by Crippen LogP contribution is -2.30. The Kier molecular flexibility index (Phi) is 4.41. The van der Waals surface area contributed by atoms with Crippen molar-refractivity contribution in [3.63, 3.8) is 0 Å². The van der Waals surface area contributed by atoms with Crippen LogP contribution in [0.15, 0.2) is 41.8 Å². The number of nitrogen functional groups attached to an aromatic ring is 1. The predicted molar refractivity (Wildman–Crippen MR) is 77.1 cm³/mol. The van der Waals surface area contributed by atoms with Crippen LogP contribution >= 0.6 is 11.3 Å². The Balaban J connectivity index is 1.86. The van der Waals surface area contributed by atoms with Gasteiger partial charge in [0.05, 0.1) is 12.2 Å². The molecule has 0 bridgehead atoms. The molecule has 1 heterocycles. The number of benzene rings is 1. The highest BCUT2D eigenvalue weighted by atomic mass is 32.1. The van der Waals surface area contributed by atoms with E-state index in [4.69, 9.17) is 10.5 Å². The summed E-state index contributed by atoms with van der Waals surface area (Å²) in [4.78, 5) is 14.7. The number of para-hydroxylation sites is 2. The molecule has 0 saturated heterocycles. The van der Waals surface area contributed by atoms with Crippen molar-refractivity contribution in [3.8, 4) is 5.75 Å². The maximum atomic E-state index is 11.9. The molecule has 0 aliphatic rings. The summed E-state index contributed by atoms with van der Waals surface area (Å²) in [5.41, 5.74) is 6.28. The van der Waals surface area contributed by atoms with Crippen molar-refractivity contribution in [2.24, 2.45) is 0 Å². The first-order valence-corrected chi connectivity index (χ1v) is 6.78. The average Bonchev–Trinajstić information content (AvgIpc) is 2.90. The van der Waals surface area contributed by atoms with E-state index in [2.05, 4.69) is 0 Å². The smallest absolute Gasteiger partial charge is 0.260 e. The number of carbonyl (C=O) groups is 1. The van der Waals surface area contributed by atoms with Crippen LogP contribution in [0.5, 0.6) is 5.75 Å². The van der Waals surface area contributed by atoms with Gasteiger partial charge in [0.15, 0.2) is 6.61 Å². The van der Waals surface area contributed by atoms with Crippen LogP contribution < -0.4 is 10.5 Å². The van der Waals surface area contributed by atoms with Gasteiger partial charge in [-0.3, -0.25) is 4.79 Å². The molecule has 19 heavy (non-hydrogen) atoms. The molecular formula is C14H16N2O2S. The summed E-state index contributed by atoms with van der Waals surface area (Å²) in [6.07, 6.45) is 0. The van der Waals surface area contributed by atoms with E-state index >= 15 is 0 Å². The summed E-state index contributed by atoms with van der Waals surface area (Å²) in [6.45, 7) is 0.597. The quantitative estimate of drug-likeness (QED) is 0.853. The van der Waals surface area contributed by atoms with Gasteiger partial charge in [-0.15, -0.1) is 11.3 Å². The molecule has 2 N–H and O–H groups in total. The molecule has 0 radical (unpaired) electrons. The zero-order valence-electron chi connectivity index (χ0n) is 10.7. The van der Waals surface area contributed by atoms with Crippen LogP contribution in [0.25, 0.3) is 0 Å². The highest BCUT2D eigenvalue weighted by Crippen LogP contribution is 2.19. The van der Waals surface area contributed by atoms with Gasteiger partial charge < -0.3 is 15.4 Å². The van der Waals surface area contributed by atoms with Crippen LogP contribution in [0, 0.1) is 0 Å². The third-order valence-electron chi connectivity index (χ3n) is 2.67. The molecule has 100 valence electrons. The molecule has 2 rings (SSSR count). The minimum Gasteiger partial charge on any atom is -0.482 e. The minimum absolute atomic E-state index is 0.00388. The van der Waals surface area contributed by atoms with Crippen molar-refractivity contribution in [2.45, 2.75) is 6.54 Å². The summed E-state index contributed by atoms with van der Waals surface area (Å²) in [7, 11) is 1.76. The minimum atomic E-state index is -0.0725. The Bertz CT molecular complexity index is 540. The molecule has 1 aromatic carbocycles. The lowest BCUT2D eigenvalue weighted by molar-refractivity contribution is -0.132. The van der Waals surface area contributed by atoms with Gasteiger partial charge in [0.1, 0.15) is 5.75 Å². The first kappa shape index (κ1) is 13.4. The van der Waals surface area contributed by atoms with Crippen molar-refractivity contribution >= 4 is 22.9 Å².